The summed E-state index contributed by atoms with van der Waals surface area (Å²) in [4.78, 5) is 14.1. The Bertz CT molecular complexity index is 714. The lowest BCUT2D eigenvalue weighted by Gasteiger charge is -2.35. The van der Waals surface area contributed by atoms with Crippen LogP contribution in [0.4, 0.5) is 5.69 Å². The molecule has 0 unspecified atom stereocenters. The first-order valence-corrected chi connectivity index (χ1v) is 10.8. The van der Waals surface area contributed by atoms with Gasteiger partial charge in [-0.15, -0.1) is 24.8 Å². The molecule has 8 nitrogen and oxygen atoms in total. The molecule has 0 aliphatic carbocycles. The van der Waals surface area contributed by atoms with Gasteiger partial charge in [0.25, 0.3) is 0 Å². The van der Waals surface area contributed by atoms with Gasteiger partial charge >= 0.3 is 0 Å². The number of hydrogen-bond donors (Lipinski definition) is 2. The number of carbonyl (C=O) groups excluding carboxylic acids is 1. The van der Waals surface area contributed by atoms with Gasteiger partial charge in [-0.25, -0.2) is 8.42 Å². The van der Waals surface area contributed by atoms with E-state index in [0.717, 1.165) is 5.69 Å². The lowest BCUT2D eigenvalue weighted by molar-refractivity contribution is -0.118. The van der Waals surface area contributed by atoms with E-state index in [9.17, 15) is 13.2 Å². The third kappa shape index (κ3) is 9.50. The first-order chi connectivity index (χ1) is 12.9. The Balaban J connectivity index is 0.00000392. The number of methoxy groups -OCH3 is 1. The number of hydrogen-bond acceptors (Lipinski definition) is 6. The molecule has 1 aliphatic heterocycles. The maximum atomic E-state index is 12.5. The molecule has 0 radical (unpaired) electrons. The molecule has 1 amide bonds. The van der Waals surface area contributed by atoms with Crippen LogP contribution in [0.2, 0.25) is 0 Å². The predicted molar refractivity (Wildman–Crippen MR) is 121 cm³/mol. The van der Waals surface area contributed by atoms with Crippen molar-refractivity contribution >= 4 is 46.4 Å². The quantitative estimate of drug-likeness (QED) is 0.487. The molecule has 0 spiro atoms. The molecule has 1 fully saturated rings. The molecule has 1 heterocycles. The molecule has 1 saturated heterocycles. The van der Waals surface area contributed by atoms with Crippen LogP contribution in [-0.4, -0.2) is 83.9 Å². The van der Waals surface area contributed by atoms with E-state index in [1.165, 1.54) is 9.87 Å². The van der Waals surface area contributed by atoms with E-state index >= 15 is 0 Å². The van der Waals surface area contributed by atoms with Crippen LogP contribution in [0.5, 0.6) is 0 Å². The van der Waals surface area contributed by atoms with Crippen molar-refractivity contribution in [2.75, 3.05) is 70.2 Å². The number of nitrogens with one attached hydrogen (secondary N) is 2. The van der Waals surface area contributed by atoms with Crippen LogP contribution in [0.15, 0.2) is 24.3 Å². The highest BCUT2D eigenvalue weighted by atomic mass is 35.5. The van der Waals surface area contributed by atoms with Gasteiger partial charge in [-0.1, -0.05) is 12.1 Å². The van der Waals surface area contributed by atoms with Crippen LogP contribution in [0.1, 0.15) is 5.56 Å². The van der Waals surface area contributed by atoms with Crippen molar-refractivity contribution in [2.24, 2.45) is 0 Å². The zero-order valence-corrected chi connectivity index (χ0v) is 19.4. The largest absolute Gasteiger partial charge is 0.383 e. The van der Waals surface area contributed by atoms with Crippen molar-refractivity contribution in [1.29, 1.82) is 0 Å². The van der Waals surface area contributed by atoms with E-state index in [1.54, 1.807) is 7.11 Å². The van der Waals surface area contributed by atoms with Crippen molar-refractivity contribution in [3.05, 3.63) is 29.8 Å². The number of benzene rings is 1. The van der Waals surface area contributed by atoms with E-state index in [0.29, 0.717) is 52.4 Å². The highest BCUT2D eigenvalue weighted by Gasteiger charge is 2.29. The molecule has 0 saturated carbocycles. The van der Waals surface area contributed by atoms with Crippen molar-refractivity contribution in [3.8, 4) is 0 Å². The SMILES string of the molecule is COCCNCCNC(=O)CS(=O)(=O)N1CCN(c2cccc(C)c2)CC1.Cl.Cl. The smallest absolute Gasteiger partial charge is 0.236 e. The van der Waals surface area contributed by atoms with Gasteiger partial charge in [0.05, 0.1) is 6.61 Å². The molecule has 0 atom stereocenters. The van der Waals surface area contributed by atoms with Crippen LogP contribution in [0.25, 0.3) is 0 Å². The Morgan fingerprint density at radius 2 is 1.79 bits per heavy atom. The molecule has 1 aromatic rings. The lowest BCUT2D eigenvalue weighted by Crippen LogP contribution is -2.50. The van der Waals surface area contributed by atoms with Crippen molar-refractivity contribution < 1.29 is 17.9 Å². The van der Waals surface area contributed by atoms with Crippen LogP contribution < -0.4 is 15.5 Å². The number of halogens is 2. The van der Waals surface area contributed by atoms with E-state index in [4.69, 9.17) is 4.74 Å². The highest BCUT2D eigenvalue weighted by Crippen LogP contribution is 2.18. The Hall–Kier alpha value is -1.10. The number of anilines is 1. The third-order valence-corrected chi connectivity index (χ3v) is 6.20. The fraction of sp³-hybridized carbons (Fsp3) is 0.611. The van der Waals surface area contributed by atoms with Gasteiger partial charge in [-0.2, -0.15) is 4.31 Å². The standard InChI is InChI=1S/C18H30N4O4S.2ClH/c1-16-4-3-5-17(14-16)21-9-11-22(12-10-21)27(24,25)15-18(23)20-7-6-19-8-13-26-2;;/h3-5,14,19H,6-13,15H2,1-2H3,(H,20,23);2*1H. The molecular formula is C18H32Cl2N4O4S. The third-order valence-electron chi connectivity index (χ3n) is 4.42. The molecular weight excluding hydrogens is 439 g/mol. The maximum Gasteiger partial charge on any atom is 0.236 e. The van der Waals surface area contributed by atoms with Gasteiger partial charge in [0.2, 0.25) is 15.9 Å². The second-order valence-corrected chi connectivity index (χ2v) is 8.54. The Kier molecular flexibility index (Phi) is 13.5. The first kappa shape index (κ1) is 27.9. The van der Waals surface area contributed by atoms with Crippen LogP contribution in [-0.2, 0) is 19.6 Å². The normalized spacial score (nSPS) is 14.6. The minimum atomic E-state index is -3.59. The van der Waals surface area contributed by atoms with Gasteiger partial charge in [-0.05, 0) is 24.6 Å². The van der Waals surface area contributed by atoms with Crippen LogP contribution in [0, 0.1) is 6.92 Å². The zero-order chi connectivity index (χ0) is 19.7. The van der Waals surface area contributed by atoms with Gasteiger partial charge < -0.3 is 20.3 Å². The Morgan fingerprint density at radius 1 is 1.10 bits per heavy atom. The average Bonchev–Trinajstić information content (AvgIpc) is 2.64. The molecule has 1 aromatic carbocycles. The number of sulfonamides is 1. The number of amides is 1. The van der Waals surface area contributed by atoms with Crippen LogP contribution >= 0.6 is 24.8 Å². The molecule has 29 heavy (non-hydrogen) atoms. The summed E-state index contributed by atoms with van der Waals surface area (Å²) in [6.07, 6.45) is 0. The second-order valence-electron chi connectivity index (χ2n) is 6.57. The minimum Gasteiger partial charge on any atom is -0.383 e. The summed E-state index contributed by atoms with van der Waals surface area (Å²) in [7, 11) is -1.97. The summed E-state index contributed by atoms with van der Waals surface area (Å²) in [5.74, 6) is -0.972. The van der Waals surface area contributed by atoms with Gasteiger partial charge in [0, 0.05) is 58.6 Å². The van der Waals surface area contributed by atoms with Gasteiger partial charge in [-0.3, -0.25) is 4.79 Å². The lowest BCUT2D eigenvalue weighted by atomic mass is 10.2. The molecule has 11 heteroatoms. The molecule has 168 valence electrons. The predicted octanol–water partition coefficient (Wildman–Crippen LogP) is 0.643. The second kappa shape index (κ2) is 14.0. The number of rotatable bonds is 10. The summed E-state index contributed by atoms with van der Waals surface area (Å²) in [5.41, 5.74) is 2.28. The van der Waals surface area contributed by atoms with E-state index < -0.39 is 21.7 Å². The number of aryl methyl sites for hydroxylation is 1. The molecule has 0 bridgehead atoms. The minimum absolute atomic E-state index is 0. The maximum absolute atomic E-state index is 12.5. The molecule has 0 aromatic heterocycles. The summed E-state index contributed by atoms with van der Waals surface area (Å²) >= 11 is 0. The Labute approximate surface area is 186 Å². The summed E-state index contributed by atoms with van der Waals surface area (Å²) in [6.45, 7) is 6.30. The van der Waals surface area contributed by atoms with Gasteiger partial charge in [0.1, 0.15) is 5.75 Å². The van der Waals surface area contributed by atoms with Crippen molar-refractivity contribution in [2.45, 2.75) is 6.92 Å². The number of piperazine rings is 1. The monoisotopic (exact) mass is 470 g/mol. The topological polar surface area (TPSA) is 91.0 Å². The zero-order valence-electron chi connectivity index (χ0n) is 16.9. The van der Waals surface area contributed by atoms with Crippen molar-refractivity contribution in [1.82, 2.24) is 14.9 Å². The summed E-state index contributed by atoms with van der Waals surface area (Å²) in [5, 5.41) is 5.72. The molecule has 1 aliphatic rings. The van der Waals surface area contributed by atoms with E-state index in [2.05, 4.69) is 21.6 Å². The highest BCUT2D eigenvalue weighted by molar-refractivity contribution is 7.89. The Morgan fingerprint density at radius 3 is 2.41 bits per heavy atom. The summed E-state index contributed by atoms with van der Waals surface area (Å²) < 4.78 is 31.3. The fourth-order valence-electron chi connectivity index (χ4n) is 2.95. The van der Waals surface area contributed by atoms with E-state index in [-0.39, 0.29) is 24.8 Å². The number of ether oxygens (including phenoxy) is 1. The number of carbonyl (C=O) groups is 1. The van der Waals surface area contributed by atoms with Gasteiger partial charge in [0.15, 0.2) is 0 Å². The number of nitrogens with zero attached hydrogens (tertiary/aromatic N) is 2. The van der Waals surface area contributed by atoms with Crippen molar-refractivity contribution in [3.63, 3.8) is 0 Å². The molecule has 2 N–H and O–H groups in total. The first-order valence-electron chi connectivity index (χ1n) is 9.18. The summed E-state index contributed by atoms with van der Waals surface area (Å²) in [6, 6.07) is 8.17. The van der Waals surface area contributed by atoms with E-state index in [1.807, 2.05) is 25.1 Å². The molecule has 2 rings (SSSR count). The average molecular weight is 471 g/mol. The fourth-order valence-corrected chi connectivity index (χ4v) is 4.28. The van der Waals surface area contributed by atoms with Crippen LogP contribution in [0.3, 0.4) is 0 Å².